The summed E-state index contributed by atoms with van der Waals surface area (Å²) in [5.74, 6) is 0. The van der Waals surface area contributed by atoms with Gasteiger partial charge in [-0.25, -0.2) is 0 Å². The molecule has 1 saturated heterocycles. The van der Waals surface area contributed by atoms with E-state index in [9.17, 15) is 0 Å². The Balaban J connectivity index is 2.06. The van der Waals surface area contributed by atoms with Crippen LogP contribution in [-0.2, 0) is 4.74 Å². The van der Waals surface area contributed by atoms with Gasteiger partial charge in [-0.3, -0.25) is 4.90 Å². The molecular formula is C13H26N2O. The lowest BCUT2D eigenvalue weighted by atomic mass is 9.87. The maximum atomic E-state index is 6.07. The van der Waals surface area contributed by atoms with Gasteiger partial charge < -0.3 is 10.5 Å². The molecule has 1 heterocycles. The third-order valence-electron chi connectivity index (χ3n) is 4.60. The third-order valence-corrected chi connectivity index (χ3v) is 4.60. The Morgan fingerprint density at radius 1 is 1.38 bits per heavy atom. The molecule has 2 unspecified atom stereocenters. The number of methoxy groups -OCH3 is 1. The smallest absolute Gasteiger partial charge is 0.0710 e. The molecule has 0 aromatic heterocycles. The number of likely N-dealkylation sites (tertiary alicyclic amines) is 1. The first kappa shape index (κ1) is 12.3. The van der Waals surface area contributed by atoms with Gasteiger partial charge in [0.15, 0.2) is 0 Å². The van der Waals surface area contributed by atoms with Crippen molar-refractivity contribution in [2.75, 3.05) is 26.7 Å². The van der Waals surface area contributed by atoms with Crippen molar-refractivity contribution in [1.82, 2.24) is 4.90 Å². The second-order valence-corrected chi connectivity index (χ2v) is 6.36. The van der Waals surface area contributed by atoms with Crippen LogP contribution in [0.1, 0.15) is 39.5 Å². The van der Waals surface area contributed by atoms with Gasteiger partial charge in [-0.05, 0) is 31.1 Å². The summed E-state index contributed by atoms with van der Waals surface area (Å²) in [5.41, 5.74) is 6.80. The molecule has 3 heteroatoms. The summed E-state index contributed by atoms with van der Waals surface area (Å²) in [4.78, 5) is 2.59. The zero-order chi connectivity index (χ0) is 11.8. The van der Waals surface area contributed by atoms with Gasteiger partial charge in [0, 0.05) is 32.3 Å². The lowest BCUT2D eigenvalue weighted by Gasteiger charge is -2.39. The number of hydrogen-bond donors (Lipinski definition) is 1. The highest BCUT2D eigenvalue weighted by atomic mass is 16.5. The predicted molar refractivity (Wildman–Crippen MR) is 66.4 cm³/mol. The average Bonchev–Trinajstić information content (AvgIpc) is 2.83. The molecule has 2 rings (SSSR count). The number of ether oxygens (including phenoxy) is 1. The van der Waals surface area contributed by atoms with Crippen molar-refractivity contribution in [3.63, 3.8) is 0 Å². The summed E-state index contributed by atoms with van der Waals surface area (Å²) >= 11 is 0. The van der Waals surface area contributed by atoms with E-state index in [1.54, 1.807) is 0 Å². The molecule has 2 fully saturated rings. The van der Waals surface area contributed by atoms with Crippen LogP contribution in [0.25, 0.3) is 0 Å². The molecule has 0 aromatic rings. The van der Waals surface area contributed by atoms with E-state index in [4.69, 9.17) is 10.5 Å². The van der Waals surface area contributed by atoms with Crippen molar-refractivity contribution < 1.29 is 4.74 Å². The highest BCUT2D eigenvalue weighted by Gasteiger charge is 2.47. The fourth-order valence-corrected chi connectivity index (χ4v) is 3.56. The molecule has 94 valence electrons. The maximum absolute atomic E-state index is 6.07. The van der Waals surface area contributed by atoms with E-state index in [2.05, 4.69) is 18.7 Å². The second-order valence-electron chi connectivity index (χ2n) is 6.36. The highest BCUT2D eigenvalue weighted by molar-refractivity contribution is 5.04. The molecule has 1 saturated carbocycles. The van der Waals surface area contributed by atoms with E-state index < -0.39 is 0 Å². The van der Waals surface area contributed by atoms with E-state index >= 15 is 0 Å². The fourth-order valence-electron chi connectivity index (χ4n) is 3.56. The molecule has 0 aromatic carbocycles. The molecule has 1 aliphatic heterocycles. The summed E-state index contributed by atoms with van der Waals surface area (Å²) in [7, 11) is 1.82. The van der Waals surface area contributed by atoms with Crippen LogP contribution in [0, 0.1) is 5.41 Å². The van der Waals surface area contributed by atoms with Crippen molar-refractivity contribution >= 4 is 0 Å². The van der Waals surface area contributed by atoms with Crippen LogP contribution in [0.3, 0.4) is 0 Å². The van der Waals surface area contributed by atoms with Gasteiger partial charge in [0.25, 0.3) is 0 Å². The van der Waals surface area contributed by atoms with Crippen molar-refractivity contribution in [2.45, 2.75) is 51.2 Å². The first-order chi connectivity index (χ1) is 7.51. The minimum absolute atomic E-state index is 0.261. The van der Waals surface area contributed by atoms with Gasteiger partial charge in [0.1, 0.15) is 0 Å². The molecule has 0 bridgehead atoms. The monoisotopic (exact) mass is 226 g/mol. The quantitative estimate of drug-likeness (QED) is 0.794. The predicted octanol–water partition coefficient (Wildman–Crippen LogP) is 1.61. The van der Waals surface area contributed by atoms with Gasteiger partial charge in [-0.2, -0.15) is 0 Å². The second kappa shape index (κ2) is 4.28. The summed E-state index contributed by atoms with van der Waals surface area (Å²) in [6, 6.07) is 0. The molecule has 0 radical (unpaired) electrons. The van der Waals surface area contributed by atoms with E-state index in [-0.39, 0.29) is 5.54 Å². The average molecular weight is 226 g/mol. The van der Waals surface area contributed by atoms with Crippen molar-refractivity contribution in [3.05, 3.63) is 0 Å². The topological polar surface area (TPSA) is 38.5 Å². The maximum Gasteiger partial charge on any atom is 0.0710 e. The van der Waals surface area contributed by atoms with Crippen molar-refractivity contribution in [3.8, 4) is 0 Å². The highest BCUT2D eigenvalue weighted by Crippen LogP contribution is 2.47. The lowest BCUT2D eigenvalue weighted by Crippen LogP contribution is -2.51. The lowest BCUT2D eigenvalue weighted by molar-refractivity contribution is 0.0708. The van der Waals surface area contributed by atoms with E-state index in [0.717, 1.165) is 19.6 Å². The third kappa shape index (κ3) is 2.13. The molecule has 0 amide bonds. The fraction of sp³-hybridized carbons (Fsp3) is 1.00. The number of nitrogens with zero attached hydrogens (tertiary/aromatic N) is 1. The summed E-state index contributed by atoms with van der Waals surface area (Å²) in [6.45, 7) is 7.77. The zero-order valence-electron chi connectivity index (χ0n) is 11.0. The van der Waals surface area contributed by atoms with Crippen LogP contribution in [0.15, 0.2) is 0 Å². The molecule has 2 atom stereocenters. The van der Waals surface area contributed by atoms with Gasteiger partial charge in [-0.15, -0.1) is 0 Å². The van der Waals surface area contributed by atoms with E-state index in [0.29, 0.717) is 11.5 Å². The molecule has 2 aliphatic rings. The first-order valence-corrected chi connectivity index (χ1v) is 6.49. The Labute approximate surface area is 99.3 Å². The minimum Gasteiger partial charge on any atom is -0.380 e. The Morgan fingerprint density at radius 2 is 2.12 bits per heavy atom. The SMILES string of the molecule is COC1CCN(C2(CN)CCC(C)(C)C2)C1. The standard InChI is InChI=1S/C13H26N2O/c1-12(2)5-6-13(9-12,10-14)15-7-4-11(8-15)16-3/h11H,4-10,14H2,1-3H3. The Hall–Kier alpha value is -0.120. The summed E-state index contributed by atoms with van der Waals surface area (Å²) in [6.07, 6.45) is 5.39. The molecule has 3 nitrogen and oxygen atoms in total. The zero-order valence-corrected chi connectivity index (χ0v) is 11.0. The van der Waals surface area contributed by atoms with Crippen molar-refractivity contribution in [2.24, 2.45) is 11.1 Å². The minimum atomic E-state index is 0.261. The Bertz CT molecular complexity index is 254. The number of nitrogens with two attached hydrogens (primary N) is 1. The van der Waals surface area contributed by atoms with Gasteiger partial charge in [-0.1, -0.05) is 13.8 Å². The van der Waals surface area contributed by atoms with E-state index in [1.807, 2.05) is 7.11 Å². The normalized spacial score (nSPS) is 39.4. The largest absolute Gasteiger partial charge is 0.380 e. The Kier molecular flexibility index (Phi) is 3.30. The van der Waals surface area contributed by atoms with E-state index in [1.165, 1.54) is 25.7 Å². The van der Waals surface area contributed by atoms with Crippen LogP contribution in [-0.4, -0.2) is 43.3 Å². The molecular weight excluding hydrogens is 200 g/mol. The van der Waals surface area contributed by atoms with Crippen molar-refractivity contribution in [1.29, 1.82) is 0 Å². The van der Waals surface area contributed by atoms with Crippen LogP contribution < -0.4 is 5.73 Å². The van der Waals surface area contributed by atoms with Crippen LogP contribution in [0.4, 0.5) is 0 Å². The van der Waals surface area contributed by atoms with Gasteiger partial charge >= 0.3 is 0 Å². The molecule has 1 aliphatic carbocycles. The van der Waals surface area contributed by atoms with Gasteiger partial charge in [0.2, 0.25) is 0 Å². The summed E-state index contributed by atoms with van der Waals surface area (Å²) < 4.78 is 5.46. The van der Waals surface area contributed by atoms with Crippen LogP contribution >= 0.6 is 0 Å². The molecule has 0 spiro atoms. The molecule has 16 heavy (non-hydrogen) atoms. The first-order valence-electron chi connectivity index (χ1n) is 6.49. The summed E-state index contributed by atoms with van der Waals surface area (Å²) in [5, 5.41) is 0. The molecule has 2 N–H and O–H groups in total. The Morgan fingerprint density at radius 3 is 2.56 bits per heavy atom. The number of hydrogen-bond acceptors (Lipinski definition) is 3. The van der Waals surface area contributed by atoms with Crippen LogP contribution in [0.2, 0.25) is 0 Å². The van der Waals surface area contributed by atoms with Gasteiger partial charge in [0.05, 0.1) is 6.10 Å². The van der Waals surface area contributed by atoms with Crippen LogP contribution in [0.5, 0.6) is 0 Å². The number of rotatable bonds is 3.